The second-order valence-corrected chi connectivity index (χ2v) is 9.87. The molecule has 4 aromatic rings. The van der Waals surface area contributed by atoms with E-state index in [4.69, 9.17) is 0 Å². The minimum absolute atomic E-state index is 0.148. The Morgan fingerprint density at radius 1 is 0.892 bits per heavy atom. The number of carbonyl (C=O) groups excluding carboxylic acids is 1. The summed E-state index contributed by atoms with van der Waals surface area (Å²) >= 11 is 0. The van der Waals surface area contributed by atoms with E-state index in [0.29, 0.717) is 17.2 Å². The fraction of sp³-hybridized carbons (Fsp3) is 0.258. The van der Waals surface area contributed by atoms with Gasteiger partial charge in [0.05, 0.1) is 5.69 Å². The normalized spacial score (nSPS) is 14.3. The number of likely N-dealkylation sites (tertiary alicyclic amines) is 1. The summed E-state index contributed by atoms with van der Waals surface area (Å²) in [7, 11) is 0. The number of benzene rings is 3. The Morgan fingerprint density at radius 2 is 1.65 bits per heavy atom. The Morgan fingerprint density at radius 3 is 2.41 bits per heavy atom. The number of rotatable bonds is 7. The molecule has 2 heterocycles. The van der Waals surface area contributed by atoms with Crippen molar-refractivity contribution in [2.75, 3.05) is 23.7 Å². The first-order chi connectivity index (χ1) is 18.0. The average molecular weight is 492 g/mol. The molecule has 188 valence electrons. The monoisotopic (exact) mass is 491 g/mol. The molecule has 0 atom stereocenters. The summed E-state index contributed by atoms with van der Waals surface area (Å²) in [6.45, 7) is 7.49. The largest absolute Gasteiger partial charge is 0.340 e. The van der Waals surface area contributed by atoms with E-state index >= 15 is 0 Å². The number of aromatic nitrogens is 2. The van der Waals surface area contributed by atoms with Crippen molar-refractivity contribution in [3.63, 3.8) is 0 Å². The van der Waals surface area contributed by atoms with E-state index in [9.17, 15) is 4.79 Å². The van der Waals surface area contributed by atoms with Crippen molar-refractivity contribution in [1.82, 2.24) is 14.9 Å². The molecule has 37 heavy (non-hydrogen) atoms. The Hall–Kier alpha value is -4.03. The van der Waals surface area contributed by atoms with Gasteiger partial charge in [-0.2, -0.15) is 0 Å². The Balaban J connectivity index is 1.23. The summed E-state index contributed by atoms with van der Waals surface area (Å²) in [5.41, 5.74) is 5.30. The molecule has 0 bridgehead atoms. The molecular formula is C31H33N5O. The lowest BCUT2D eigenvalue weighted by Gasteiger charge is -2.30. The number of aryl methyl sites for hydroxylation is 1. The molecule has 1 fully saturated rings. The third-order valence-electron chi connectivity index (χ3n) is 6.80. The molecule has 1 aliphatic rings. The summed E-state index contributed by atoms with van der Waals surface area (Å²) in [5, 5.41) is 6.35. The predicted molar refractivity (Wildman–Crippen MR) is 150 cm³/mol. The van der Waals surface area contributed by atoms with Gasteiger partial charge in [0.15, 0.2) is 0 Å². The number of hydrogen-bond donors (Lipinski definition) is 2. The zero-order valence-corrected chi connectivity index (χ0v) is 21.4. The van der Waals surface area contributed by atoms with Gasteiger partial charge in [-0.25, -0.2) is 9.97 Å². The maximum Gasteiger partial charge on any atom is 0.255 e. The van der Waals surface area contributed by atoms with Crippen LogP contribution in [0.25, 0.3) is 11.3 Å². The number of carbonyl (C=O) groups is 1. The maximum atomic E-state index is 13.0. The van der Waals surface area contributed by atoms with Crippen LogP contribution < -0.4 is 10.6 Å². The van der Waals surface area contributed by atoms with Crippen LogP contribution in [0, 0.1) is 12.8 Å². The van der Waals surface area contributed by atoms with Gasteiger partial charge in [0.1, 0.15) is 11.6 Å². The van der Waals surface area contributed by atoms with E-state index in [1.165, 1.54) is 18.4 Å². The Bertz CT molecular complexity index is 1350. The first-order valence-electron chi connectivity index (χ1n) is 12.9. The van der Waals surface area contributed by atoms with E-state index < -0.39 is 0 Å². The van der Waals surface area contributed by atoms with E-state index in [1.807, 2.05) is 79.7 Å². The topological polar surface area (TPSA) is 70.2 Å². The molecule has 2 N–H and O–H groups in total. The maximum absolute atomic E-state index is 13.0. The summed E-state index contributed by atoms with van der Waals surface area (Å²) in [5.74, 6) is 2.04. The van der Waals surface area contributed by atoms with Gasteiger partial charge in [-0.05, 0) is 74.7 Å². The van der Waals surface area contributed by atoms with Crippen LogP contribution >= 0.6 is 0 Å². The SMILES string of the molecule is Cc1nc(Nc2cccc(C(=O)Nc3ccc(CN4CCC(C)CC4)cc3)c2)cc(-c2ccccc2)n1. The fourth-order valence-electron chi connectivity index (χ4n) is 4.65. The highest BCUT2D eigenvalue weighted by Gasteiger charge is 2.16. The molecule has 3 aromatic carbocycles. The molecule has 1 aromatic heterocycles. The van der Waals surface area contributed by atoms with Crippen molar-refractivity contribution >= 4 is 23.1 Å². The van der Waals surface area contributed by atoms with Gasteiger partial charge < -0.3 is 10.6 Å². The van der Waals surface area contributed by atoms with Crippen molar-refractivity contribution in [2.45, 2.75) is 33.2 Å². The molecule has 0 spiro atoms. The minimum atomic E-state index is -0.148. The Kier molecular flexibility index (Phi) is 7.57. The van der Waals surface area contributed by atoms with Gasteiger partial charge in [0.25, 0.3) is 5.91 Å². The molecule has 5 rings (SSSR count). The van der Waals surface area contributed by atoms with Crippen LogP contribution in [0.15, 0.2) is 84.9 Å². The van der Waals surface area contributed by atoms with E-state index in [2.05, 4.69) is 44.6 Å². The van der Waals surface area contributed by atoms with Gasteiger partial charge >= 0.3 is 0 Å². The third kappa shape index (κ3) is 6.60. The number of piperidine rings is 1. The van der Waals surface area contributed by atoms with Crippen LogP contribution in [0.2, 0.25) is 0 Å². The first kappa shape index (κ1) is 24.7. The van der Waals surface area contributed by atoms with Crippen molar-refractivity contribution < 1.29 is 4.79 Å². The van der Waals surface area contributed by atoms with Crippen molar-refractivity contribution in [2.24, 2.45) is 5.92 Å². The molecule has 6 nitrogen and oxygen atoms in total. The quantitative estimate of drug-likeness (QED) is 0.302. The van der Waals surface area contributed by atoms with Crippen LogP contribution in [0.3, 0.4) is 0 Å². The summed E-state index contributed by atoms with van der Waals surface area (Å²) in [6, 6.07) is 27.5. The van der Waals surface area contributed by atoms with Crippen LogP contribution in [-0.2, 0) is 6.54 Å². The molecule has 0 saturated carbocycles. The second kappa shape index (κ2) is 11.4. The highest BCUT2D eigenvalue weighted by molar-refractivity contribution is 6.04. The smallest absolute Gasteiger partial charge is 0.255 e. The third-order valence-corrected chi connectivity index (χ3v) is 6.80. The van der Waals surface area contributed by atoms with E-state index in [0.717, 1.165) is 48.2 Å². The standard InChI is InChI=1S/C31H33N5O/c1-22-15-17-36(18-16-22)21-24-11-13-27(14-12-24)35-31(37)26-9-6-10-28(19-26)34-30-20-29(32-23(2)33-30)25-7-4-3-5-8-25/h3-14,19-20,22H,15-18,21H2,1-2H3,(H,35,37)(H,32,33,34). The number of nitrogens with one attached hydrogen (secondary N) is 2. The molecule has 0 unspecified atom stereocenters. The van der Waals surface area contributed by atoms with Gasteiger partial charge in [0, 0.05) is 35.1 Å². The average Bonchev–Trinajstić information content (AvgIpc) is 2.91. The molecule has 1 amide bonds. The number of amides is 1. The van der Waals surface area contributed by atoms with Crippen molar-refractivity contribution in [1.29, 1.82) is 0 Å². The van der Waals surface area contributed by atoms with Gasteiger partial charge in [-0.15, -0.1) is 0 Å². The highest BCUT2D eigenvalue weighted by Crippen LogP contribution is 2.23. The van der Waals surface area contributed by atoms with Crippen molar-refractivity contribution in [3.8, 4) is 11.3 Å². The van der Waals surface area contributed by atoms with Crippen molar-refractivity contribution in [3.05, 3.63) is 102 Å². The molecule has 1 aliphatic heterocycles. The molecular weight excluding hydrogens is 458 g/mol. The van der Waals surface area contributed by atoms with Crippen LogP contribution in [-0.4, -0.2) is 33.9 Å². The van der Waals surface area contributed by atoms with Gasteiger partial charge in [-0.3, -0.25) is 9.69 Å². The number of nitrogens with zero attached hydrogens (tertiary/aromatic N) is 3. The van der Waals surface area contributed by atoms with Gasteiger partial charge in [-0.1, -0.05) is 55.5 Å². The molecule has 6 heteroatoms. The highest BCUT2D eigenvalue weighted by atomic mass is 16.1. The predicted octanol–water partition coefficient (Wildman–Crippen LogP) is 6.68. The summed E-state index contributed by atoms with van der Waals surface area (Å²) in [6.07, 6.45) is 2.54. The van der Waals surface area contributed by atoms with Crippen LogP contribution in [0.1, 0.15) is 41.5 Å². The molecule has 1 saturated heterocycles. The lowest BCUT2D eigenvalue weighted by Crippen LogP contribution is -2.32. The number of anilines is 3. The second-order valence-electron chi connectivity index (χ2n) is 9.87. The summed E-state index contributed by atoms with van der Waals surface area (Å²) < 4.78 is 0. The van der Waals surface area contributed by atoms with Crippen LogP contribution in [0.4, 0.5) is 17.2 Å². The number of hydrogen-bond acceptors (Lipinski definition) is 5. The summed E-state index contributed by atoms with van der Waals surface area (Å²) in [4.78, 5) is 24.6. The minimum Gasteiger partial charge on any atom is -0.340 e. The first-order valence-corrected chi connectivity index (χ1v) is 12.9. The molecule has 0 aliphatic carbocycles. The lowest BCUT2D eigenvalue weighted by atomic mass is 9.99. The lowest BCUT2D eigenvalue weighted by molar-refractivity contribution is 0.102. The van der Waals surface area contributed by atoms with Crippen LogP contribution in [0.5, 0.6) is 0 Å². The zero-order valence-electron chi connectivity index (χ0n) is 21.4. The Labute approximate surface area is 218 Å². The van der Waals surface area contributed by atoms with E-state index in [1.54, 1.807) is 0 Å². The van der Waals surface area contributed by atoms with E-state index in [-0.39, 0.29) is 5.91 Å². The zero-order chi connectivity index (χ0) is 25.6. The molecule has 0 radical (unpaired) electrons. The van der Waals surface area contributed by atoms with Gasteiger partial charge in [0.2, 0.25) is 0 Å². The fourth-order valence-corrected chi connectivity index (χ4v) is 4.65.